The largest absolute Gasteiger partial charge is 0.303 e. The molecule has 1 aliphatic carbocycles. The lowest BCUT2D eigenvalue weighted by atomic mass is 10.1. The van der Waals surface area contributed by atoms with Gasteiger partial charge in [0.25, 0.3) is 0 Å². The van der Waals surface area contributed by atoms with E-state index < -0.39 is 0 Å². The summed E-state index contributed by atoms with van der Waals surface area (Å²) in [7, 11) is 0. The molecule has 0 fully saturated rings. The van der Waals surface area contributed by atoms with Crippen molar-refractivity contribution in [2.45, 2.75) is 32.1 Å². The molecule has 0 aromatic carbocycles. The molecule has 0 aliphatic heterocycles. The molecule has 0 saturated heterocycles. The van der Waals surface area contributed by atoms with E-state index in [1.54, 1.807) is 0 Å². The number of rotatable bonds is 3. The lowest BCUT2D eigenvalue weighted by molar-refractivity contribution is -0.107. The third-order valence-corrected chi connectivity index (χ3v) is 1.72. The van der Waals surface area contributed by atoms with Crippen LogP contribution in [-0.4, -0.2) is 6.29 Å². The summed E-state index contributed by atoms with van der Waals surface area (Å²) in [5.41, 5.74) is 1.49. The Morgan fingerprint density at radius 2 is 2.56 bits per heavy atom. The van der Waals surface area contributed by atoms with Crippen LogP contribution in [0.15, 0.2) is 11.6 Å². The average Bonchev–Trinajstić information content (AvgIpc) is 2.34. The van der Waals surface area contributed by atoms with Crippen molar-refractivity contribution in [2.75, 3.05) is 0 Å². The van der Waals surface area contributed by atoms with E-state index in [9.17, 15) is 4.79 Å². The van der Waals surface area contributed by atoms with Crippen LogP contribution >= 0.6 is 0 Å². The van der Waals surface area contributed by atoms with Crippen molar-refractivity contribution in [3.05, 3.63) is 11.6 Å². The molecule has 0 radical (unpaired) electrons. The molecule has 0 bridgehead atoms. The molecule has 0 saturated carbocycles. The second kappa shape index (κ2) is 3.44. The molecule has 0 unspecified atom stereocenters. The monoisotopic (exact) mass is 124 g/mol. The van der Waals surface area contributed by atoms with Gasteiger partial charge in [-0.1, -0.05) is 11.6 Å². The van der Waals surface area contributed by atoms with Gasteiger partial charge in [0.2, 0.25) is 0 Å². The lowest BCUT2D eigenvalue weighted by Gasteiger charge is -1.93. The van der Waals surface area contributed by atoms with Crippen LogP contribution in [0.2, 0.25) is 0 Å². The summed E-state index contributed by atoms with van der Waals surface area (Å²) in [6.07, 6.45) is 8.74. The van der Waals surface area contributed by atoms with E-state index in [0.717, 1.165) is 12.7 Å². The first-order valence-electron chi connectivity index (χ1n) is 3.55. The molecule has 0 spiro atoms. The molecule has 0 aromatic heterocycles. The Kier molecular flexibility index (Phi) is 2.49. The van der Waals surface area contributed by atoms with Gasteiger partial charge in [0, 0.05) is 6.42 Å². The van der Waals surface area contributed by atoms with Gasteiger partial charge >= 0.3 is 0 Å². The fourth-order valence-electron chi connectivity index (χ4n) is 1.21. The maximum absolute atomic E-state index is 9.93. The Morgan fingerprint density at radius 1 is 1.67 bits per heavy atom. The number of hydrogen-bond donors (Lipinski definition) is 0. The molecule has 1 heteroatoms. The zero-order chi connectivity index (χ0) is 6.53. The second-order valence-electron chi connectivity index (χ2n) is 2.46. The van der Waals surface area contributed by atoms with Crippen molar-refractivity contribution in [2.24, 2.45) is 0 Å². The number of carbonyl (C=O) groups is 1. The number of hydrogen-bond acceptors (Lipinski definition) is 1. The van der Waals surface area contributed by atoms with E-state index in [0.29, 0.717) is 6.42 Å². The van der Waals surface area contributed by atoms with E-state index in [1.165, 1.54) is 24.8 Å². The lowest BCUT2D eigenvalue weighted by Crippen LogP contribution is -1.79. The highest BCUT2D eigenvalue weighted by Crippen LogP contribution is 2.20. The van der Waals surface area contributed by atoms with Gasteiger partial charge in [-0.05, 0) is 25.7 Å². The minimum absolute atomic E-state index is 0.714. The molecule has 1 aliphatic rings. The van der Waals surface area contributed by atoms with Crippen LogP contribution in [0, 0.1) is 0 Å². The summed E-state index contributed by atoms with van der Waals surface area (Å²) in [5.74, 6) is 0. The van der Waals surface area contributed by atoms with Crippen molar-refractivity contribution < 1.29 is 4.79 Å². The van der Waals surface area contributed by atoms with Crippen LogP contribution in [0.3, 0.4) is 0 Å². The fraction of sp³-hybridized carbons (Fsp3) is 0.625. The molecule has 1 rings (SSSR count). The number of allylic oxidation sites excluding steroid dienone is 2. The normalized spacial score (nSPS) is 17.6. The van der Waals surface area contributed by atoms with Crippen LogP contribution in [0.1, 0.15) is 32.1 Å². The first-order valence-corrected chi connectivity index (χ1v) is 3.55. The van der Waals surface area contributed by atoms with E-state index in [1.807, 2.05) is 0 Å². The van der Waals surface area contributed by atoms with Crippen LogP contribution in [0.25, 0.3) is 0 Å². The van der Waals surface area contributed by atoms with Gasteiger partial charge in [-0.3, -0.25) is 0 Å². The summed E-state index contributed by atoms with van der Waals surface area (Å²) < 4.78 is 0. The fourth-order valence-corrected chi connectivity index (χ4v) is 1.21. The third kappa shape index (κ3) is 2.00. The standard InChI is InChI=1S/C8H12O/c9-7-3-6-8-4-1-2-5-8/h4,7H,1-3,5-6H2. The zero-order valence-corrected chi connectivity index (χ0v) is 5.60. The van der Waals surface area contributed by atoms with Crippen LogP contribution in [0.5, 0.6) is 0 Å². The highest BCUT2D eigenvalue weighted by atomic mass is 16.1. The minimum atomic E-state index is 0.714. The van der Waals surface area contributed by atoms with Gasteiger partial charge in [-0.25, -0.2) is 0 Å². The number of aldehydes is 1. The topological polar surface area (TPSA) is 17.1 Å². The summed E-state index contributed by atoms with van der Waals surface area (Å²) in [6, 6.07) is 0. The van der Waals surface area contributed by atoms with Gasteiger partial charge in [-0.2, -0.15) is 0 Å². The Bertz CT molecular complexity index is 125. The third-order valence-electron chi connectivity index (χ3n) is 1.72. The van der Waals surface area contributed by atoms with Crippen molar-refractivity contribution in [3.63, 3.8) is 0 Å². The molecule has 1 nitrogen and oxygen atoms in total. The molecule has 0 amide bonds. The summed E-state index contributed by atoms with van der Waals surface area (Å²) >= 11 is 0. The Morgan fingerprint density at radius 3 is 3.11 bits per heavy atom. The maximum atomic E-state index is 9.93. The highest BCUT2D eigenvalue weighted by molar-refractivity contribution is 5.49. The quantitative estimate of drug-likeness (QED) is 0.416. The van der Waals surface area contributed by atoms with E-state index in [2.05, 4.69) is 6.08 Å². The van der Waals surface area contributed by atoms with Crippen molar-refractivity contribution in [1.29, 1.82) is 0 Å². The molecule has 0 N–H and O–H groups in total. The molecule has 0 heterocycles. The molecule has 50 valence electrons. The zero-order valence-electron chi connectivity index (χ0n) is 5.60. The van der Waals surface area contributed by atoms with Gasteiger partial charge < -0.3 is 4.79 Å². The summed E-state index contributed by atoms with van der Waals surface area (Å²) in [5, 5.41) is 0. The molecule has 9 heavy (non-hydrogen) atoms. The van der Waals surface area contributed by atoms with E-state index >= 15 is 0 Å². The highest BCUT2D eigenvalue weighted by Gasteiger charge is 2.02. The second-order valence-corrected chi connectivity index (χ2v) is 2.46. The first kappa shape index (κ1) is 6.53. The van der Waals surface area contributed by atoms with Crippen LogP contribution < -0.4 is 0 Å². The molecule has 0 atom stereocenters. The van der Waals surface area contributed by atoms with Gasteiger partial charge in [0.05, 0.1) is 0 Å². The Hall–Kier alpha value is -0.590. The van der Waals surface area contributed by atoms with Gasteiger partial charge in [-0.15, -0.1) is 0 Å². The smallest absolute Gasteiger partial charge is 0.120 e. The number of carbonyl (C=O) groups excluding carboxylic acids is 1. The molecular weight excluding hydrogens is 112 g/mol. The van der Waals surface area contributed by atoms with Gasteiger partial charge in [0.1, 0.15) is 6.29 Å². The van der Waals surface area contributed by atoms with Gasteiger partial charge in [0.15, 0.2) is 0 Å². The van der Waals surface area contributed by atoms with Crippen LogP contribution in [0.4, 0.5) is 0 Å². The van der Waals surface area contributed by atoms with E-state index in [-0.39, 0.29) is 0 Å². The van der Waals surface area contributed by atoms with Crippen molar-refractivity contribution >= 4 is 6.29 Å². The SMILES string of the molecule is O=CCCC1=CCCC1. The molecule has 0 aromatic rings. The van der Waals surface area contributed by atoms with Crippen LogP contribution in [-0.2, 0) is 4.79 Å². The van der Waals surface area contributed by atoms with Crippen molar-refractivity contribution in [1.82, 2.24) is 0 Å². The Balaban J connectivity index is 2.18. The Labute approximate surface area is 55.8 Å². The summed E-state index contributed by atoms with van der Waals surface area (Å²) in [6.45, 7) is 0. The summed E-state index contributed by atoms with van der Waals surface area (Å²) in [4.78, 5) is 9.93. The predicted octanol–water partition coefficient (Wildman–Crippen LogP) is 2.08. The minimum Gasteiger partial charge on any atom is -0.303 e. The molecular formula is C8H12O. The first-order chi connectivity index (χ1) is 4.43. The van der Waals surface area contributed by atoms with Crippen molar-refractivity contribution in [3.8, 4) is 0 Å². The predicted molar refractivity (Wildman–Crippen MR) is 37.2 cm³/mol. The maximum Gasteiger partial charge on any atom is 0.120 e. The average molecular weight is 124 g/mol. The van der Waals surface area contributed by atoms with E-state index in [4.69, 9.17) is 0 Å².